The molecule has 8 rings (SSSR count). The zero-order valence-electron chi connectivity index (χ0n) is 27.4. The highest BCUT2D eigenvalue weighted by atomic mass is 16.6. The molecule has 272 valence electrons. The minimum absolute atomic E-state index is 0.0185. The van der Waals surface area contributed by atoms with Gasteiger partial charge in [-0.15, -0.1) is 0 Å². The summed E-state index contributed by atoms with van der Waals surface area (Å²) in [5, 5.41) is 43.2. The van der Waals surface area contributed by atoms with Crippen LogP contribution < -0.4 is 0 Å². The standard InChI is InChI=1S/2C16H12N6O5/c2*23-21(24)9-1-3-11-13(5-9)19-15(17-11)7-27-8-16-18-12-4-2-10(22(25)26)6-14(12)20-16/h2*1-6H,7-8H2,(H,17,19)(H,18,20). The first-order valence-corrected chi connectivity index (χ1v) is 15.7. The van der Waals surface area contributed by atoms with E-state index in [9.17, 15) is 40.5 Å². The van der Waals surface area contributed by atoms with E-state index in [1.807, 2.05) is 0 Å². The maximum absolute atomic E-state index is 10.8. The molecule has 0 unspecified atom stereocenters. The molecule has 0 bridgehead atoms. The van der Waals surface area contributed by atoms with Crippen LogP contribution in [0, 0.1) is 40.5 Å². The number of hydrogen-bond acceptors (Lipinski definition) is 14. The molecule has 0 spiro atoms. The van der Waals surface area contributed by atoms with Crippen molar-refractivity contribution < 1.29 is 29.2 Å². The molecule has 22 heteroatoms. The number of non-ortho nitro benzene ring substituents is 4. The van der Waals surface area contributed by atoms with Crippen LogP contribution in [0.2, 0.25) is 0 Å². The van der Waals surface area contributed by atoms with Gasteiger partial charge in [0.1, 0.15) is 49.7 Å². The van der Waals surface area contributed by atoms with Gasteiger partial charge in [-0.3, -0.25) is 40.5 Å². The van der Waals surface area contributed by atoms with Crippen molar-refractivity contribution in [3.63, 3.8) is 0 Å². The summed E-state index contributed by atoms with van der Waals surface area (Å²) in [5.74, 6) is 2.10. The van der Waals surface area contributed by atoms with Gasteiger partial charge in [0.05, 0.1) is 63.8 Å². The number of aromatic amines is 4. The van der Waals surface area contributed by atoms with Crippen molar-refractivity contribution in [1.82, 2.24) is 39.9 Å². The summed E-state index contributed by atoms with van der Waals surface area (Å²) in [6.45, 7) is 0.610. The molecule has 54 heavy (non-hydrogen) atoms. The number of nitro benzene ring substituents is 4. The smallest absolute Gasteiger partial charge is 0.271 e. The second-order valence-electron chi connectivity index (χ2n) is 11.6. The Bertz CT molecular complexity index is 2360. The number of fused-ring (bicyclic) bond motifs is 4. The third-order valence-corrected chi connectivity index (χ3v) is 7.86. The normalized spacial score (nSPS) is 11.3. The Hall–Kier alpha value is -7.72. The second-order valence-corrected chi connectivity index (χ2v) is 11.6. The third-order valence-electron chi connectivity index (χ3n) is 7.86. The fourth-order valence-corrected chi connectivity index (χ4v) is 5.42. The van der Waals surface area contributed by atoms with Crippen molar-refractivity contribution in [2.24, 2.45) is 0 Å². The number of hydrogen-bond donors (Lipinski definition) is 4. The lowest BCUT2D eigenvalue weighted by Gasteiger charge is -1.98. The molecule has 22 nitrogen and oxygen atoms in total. The van der Waals surface area contributed by atoms with Crippen molar-refractivity contribution in [1.29, 1.82) is 0 Å². The van der Waals surface area contributed by atoms with Crippen molar-refractivity contribution >= 4 is 66.9 Å². The number of imidazole rings is 4. The van der Waals surface area contributed by atoms with Crippen molar-refractivity contribution in [2.45, 2.75) is 26.4 Å². The summed E-state index contributed by atoms with van der Waals surface area (Å²) in [5.41, 5.74) is 4.57. The predicted octanol–water partition coefficient (Wildman–Crippen LogP) is 5.94. The molecule has 0 atom stereocenters. The maximum atomic E-state index is 10.8. The molecule has 0 amide bonds. The molecular formula is C32H24N12O10. The van der Waals surface area contributed by atoms with E-state index in [1.165, 1.54) is 48.5 Å². The molecule has 0 radical (unpaired) electrons. The Kier molecular flexibility index (Phi) is 9.31. The predicted molar refractivity (Wildman–Crippen MR) is 188 cm³/mol. The SMILES string of the molecule is O=[N+]([O-])c1ccc2nc(COCc3nc4ccc([N+](=O)[O-])cc4[nH]3)[nH]c2c1.O=[N+]([O-])c1ccc2nc(COCc3nc4ccc([N+](=O)[O-])cc4[nH]3)[nH]c2c1. The van der Waals surface area contributed by atoms with Crippen LogP contribution >= 0.6 is 0 Å². The van der Waals surface area contributed by atoms with Gasteiger partial charge in [0, 0.05) is 48.5 Å². The first-order chi connectivity index (χ1) is 26.0. The van der Waals surface area contributed by atoms with Gasteiger partial charge in [-0.1, -0.05) is 0 Å². The Labute approximate surface area is 298 Å². The highest BCUT2D eigenvalue weighted by molar-refractivity contribution is 5.80. The van der Waals surface area contributed by atoms with Gasteiger partial charge in [-0.2, -0.15) is 0 Å². The number of H-pyrrole nitrogens is 4. The fraction of sp³-hybridized carbons (Fsp3) is 0.125. The lowest BCUT2D eigenvalue weighted by atomic mass is 10.3. The maximum Gasteiger partial charge on any atom is 0.271 e. The quantitative estimate of drug-likeness (QED) is 0.0833. The number of benzene rings is 4. The number of rotatable bonds is 12. The molecule has 0 fully saturated rings. The summed E-state index contributed by atoms with van der Waals surface area (Å²) in [7, 11) is 0. The van der Waals surface area contributed by atoms with Crippen LogP contribution in [0.3, 0.4) is 0 Å². The van der Waals surface area contributed by atoms with E-state index in [-0.39, 0.29) is 49.2 Å². The molecule has 0 saturated heterocycles. The van der Waals surface area contributed by atoms with Gasteiger partial charge in [0.2, 0.25) is 0 Å². The monoisotopic (exact) mass is 736 g/mol. The number of aromatic nitrogens is 8. The van der Waals surface area contributed by atoms with E-state index in [0.29, 0.717) is 67.4 Å². The number of nitrogens with zero attached hydrogens (tertiary/aromatic N) is 8. The lowest BCUT2D eigenvalue weighted by molar-refractivity contribution is -0.384. The largest absolute Gasteiger partial charge is 0.366 e. The number of ether oxygens (including phenoxy) is 2. The van der Waals surface area contributed by atoms with Crippen LogP contribution in [0.5, 0.6) is 0 Å². The van der Waals surface area contributed by atoms with Crippen molar-refractivity contribution in [3.8, 4) is 0 Å². The molecule has 4 aromatic heterocycles. The first kappa shape index (κ1) is 34.7. The molecule has 4 heterocycles. The average molecular weight is 737 g/mol. The highest BCUT2D eigenvalue weighted by Gasteiger charge is 2.14. The van der Waals surface area contributed by atoms with Crippen LogP contribution in [0.1, 0.15) is 23.3 Å². The molecule has 8 aromatic rings. The van der Waals surface area contributed by atoms with Crippen molar-refractivity contribution in [2.75, 3.05) is 0 Å². The molecule has 0 aliphatic carbocycles. The Morgan fingerprint density at radius 3 is 0.833 bits per heavy atom. The van der Waals surface area contributed by atoms with Crippen LogP contribution in [-0.4, -0.2) is 59.6 Å². The summed E-state index contributed by atoms with van der Waals surface area (Å²) in [6, 6.07) is 17.5. The average Bonchev–Trinajstić information content (AvgIpc) is 3.94. The Balaban J connectivity index is 0.000000167. The first-order valence-electron chi connectivity index (χ1n) is 15.7. The third kappa shape index (κ3) is 7.63. The summed E-state index contributed by atoms with van der Waals surface area (Å²) in [4.78, 5) is 70.5. The molecule has 4 aromatic carbocycles. The zero-order valence-corrected chi connectivity index (χ0v) is 27.4. The summed E-state index contributed by atoms with van der Waals surface area (Å²) in [6.07, 6.45) is 0. The van der Waals surface area contributed by atoms with Crippen LogP contribution in [0.15, 0.2) is 72.8 Å². The fourth-order valence-electron chi connectivity index (χ4n) is 5.42. The second kappa shape index (κ2) is 14.5. The molecule has 0 aliphatic heterocycles. The van der Waals surface area contributed by atoms with Gasteiger partial charge >= 0.3 is 0 Å². The molecular weight excluding hydrogens is 712 g/mol. The van der Waals surface area contributed by atoms with E-state index in [4.69, 9.17) is 9.47 Å². The topological polar surface area (TPSA) is 306 Å². The van der Waals surface area contributed by atoms with E-state index in [1.54, 1.807) is 24.3 Å². The molecule has 0 saturated carbocycles. The van der Waals surface area contributed by atoms with Crippen LogP contribution in [0.4, 0.5) is 22.7 Å². The molecule has 0 aliphatic rings. The lowest BCUT2D eigenvalue weighted by Crippen LogP contribution is -1.97. The van der Waals surface area contributed by atoms with E-state index >= 15 is 0 Å². The van der Waals surface area contributed by atoms with E-state index in [0.717, 1.165) is 0 Å². The van der Waals surface area contributed by atoms with E-state index < -0.39 is 19.7 Å². The summed E-state index contributed by atoms with van der Waals surface area (Å²) >= 11 is 0. The van der Waals surface area contributed by atoms with Gasteiger partial charge < -0.3 is 29.4 Å². The van der Waals surface area contributed by atoms with E-state index in [2.05, 4.69) is 39.9 Å². The van der Waals surface area contributed by atoms with Crippen LogP contribution in [0.25, 0.3) is 44.1 Å². The highest BCUT2D eigenvalue weighted by Crippen LogP contribution is 2.23. The minimum atomic E-state index is -0.470. The van der Waals surface area contributed by atoms with Crippen molar-refractivity contribution in [3.05, 3.63) is 137 Å². The van der Waals surface area contributed by atoms with Crippen LogP contribution in [-0.2, 0) is 35.9 Å². The molecule has 4 N–H and O–H groups in total. The van der Waals surface area contributed by atoms with Gasteiger partial charge in [-0.25, -0.2) is 19.9 Å². The summed E-state index contributed by atoms with van der Waals surface area (Å²) < 4.78 is 11.1. The minimum Gasteiger partial charge on any atom is -0.366 e. The number of nitrogens with one attached hydrogen (secondary N) is 4. The van der Waals surface area contributed by atoms with Gasteiger partial charge in [-0.05, 0) is 24.3 Å². The van der Waals surface area contributed by atoms with Gasteiger partial charge in [0.25, 0.3) is 22.7 Å². The Morgan fingerprint density at radius 2 is 0.630 bits per heavy atom. The Morgan fingerprint density at radius 1 is 0.407 bits per heavy atom. The van der Waals surface area contributed by atoms with Gasteiger partial charge in [0.15, 0.2) is 0 Å². The number of nitro groups is 4. The zero-order chi connectivity index (χ0) is 37.9.